The Balaban J connectivity index is 1.34. The zero-order chi connectivity index (χ0) is 21.8. The minimum absolute atomic E-state index is 0.00661. The number of nitrogens with one attached hydrogen (secondary N) is 2. The third-order valence-electron chi connectivity index (χ3n) is 6.95. The summed E-state index contributed by atoms with van der Waals surface area (Å²) in [5.41, 5.74) is 3.18. The Bertz CT molecular complexity index is 1370. The number of aromatic amines is 2. The van der Waals surface area contributed by atoms with Crippen molar-refractivity contribution < 1.29 is 4.79 Å². The highest BCUT2D eigenvalue weighted by Crippen LogP contribution is 2.33. The van der Waals surface area contributed by atoms with Gasteiger partial charge in [0.2, 0.25) is 5.91 Å². The molecule has 164 valence electrons. The van der Waals surface area contributed by atoms with Crippen LogP contribution in [0.25, 0.3) is 22.1 Å². The lowest BCUT2D eigenvalue weighted by Gasteiger charge is -2.38. The zero-order valence-corrected chi connectivity index (χ0v) is 17.9. The van der Waals surface area contributed by atoms with Gasteiger partial charge in [-0.1, -0.05) is 6.92 Å². The number of hydrogen-bond acceptors (Lipinski definition) is 5. The van der Waals surface area contributed by atoms with E-state index in [0.717, 1.165) is 59.5 Å². The maximum atomic E-state index is 13.0. The number of imidazole rings is 1. The molecule has 9 nitrogen and oxygen atoms in total. The molecule has 2 aliphatic heterocycles. The third-order valence-corrected chi connectivity index (χ3v) is 6.95. The summed E-state index contributed by atoms with van der Waals surface area (Å²) in [4.78, 5) is 44.3. The topological polar surface area (TPSA) is 103 Å². The van der Waals surface area contributed by atoms with Gasteiger partial charge in [-0.15, -0.1) is 0 Å². The molecule has 0 aliphatic carbocycles. The number of fused-ring (bicyclic) bond motifs is 3. The van der Waals surface area contributed by atoms with Crippen LogP contribution in [0.15, 0.2) is 41.6 Å². The second kappa shape index (κ2) is 7.22. The van der Waals surface area contributed by atoms with Crippen molar-refractivity contribution in [3.63, 3.8) is 0 Å². The number of piperidine rings is 1. The van der Waals surface area contributed by atoms with Crippen LogP contribution in [0.4, 0.5) is 11.5 Å². The Morgan fingerprint density at radius 1 is 1.09 bits per heavy atom. The maximum absolute atomic E-state index is 13.0. The van der Waals surface area contributed by atoms with E-state index in [1.165, 1.54) is 0 Å². The van der Waals surface area contributed by atoms with Gasteiger partial charge in [-0.3, -0.25) is 9.36 Å². The predicted molar refractivity (Wildman–Crippen MR) is 123 cm³/mol. The molecule has 0 bridgehead atoms. The lowest BCUT2D eigenvalue weighted by Crippen LogP contribution is -2.43. The summed E-state index contributed by atoms with van der Waals surface area (Å²) in [6.07, 6.45) is 7.83. The SMILES string of the molecule is C[C@@H]1CCN(c2ccc(N3CCCC3=O)cn2)C[C@@H]1n1c(=O)[nH]c2cnc3[nH]ccc3c21. The molecule has 1 amide bonds. The van der Waals surface area contributed by atoms with Crippen molar-refractivity contribution in [3.8, 4) is 0 Å². The molecule has 0 unspecified atom stereocenters. The van der Waals surface area contributed by atoms with Gasteiger partial charge in [0.05, 0.1) is 35.2 Å². The molecule has 6 rings (SSSR count). The van der Waals surface area contributed by atoms with Crippen LogP contribution in [0.1, 0.15) is 32.2 Å². The molecule has 9 heteroatoms. The van der Waals surface area contributed by atoms with Gasteiger partial charge in [0.25, 0.3) is 0 Å². The number of carbonyl (C=O) groups is 1. The van der Waals surface area contributed by atoms with Gasteiger partial charge in [-0.05, 0) is 37.0 Å². The standard InChI is InChI=1S/C23H25N7O2/c1-14-7-10-28(19-5-4-15(11-25-19)29-9-2-3-20(29)31)13-18(14)30-21-16-6-8-24-22(16)26-12-17(21)27-23(30)32/h4-6,8,11-12,14,18H,2-3,7,9-10,13H2,1H3,(H,24,26)(H,27,32)/t14-,18+/m1/s1. The van der Waals surface area contributed by atoms with Gasteiger partial charge in [0, 0.05) is 37.6 Å². The number of amides is 1. The van der Waals surface area contributed by atoms with Crippen molar-refractivity contribution >= 4 is 39.5 Å². The second-order valence-electron chi connectivity index (χ2n) is 8.86. The van der Waals surface area contributed by atoms with Crippen molar-refractivity contribution in [1.82, 2.24) is 24.5 Å². The molecule has 0 saturated carbocycles. The summed E-state index contributed by atoms with van der Waals surface area (Å²) in [5.74, 6) is 1.38. The molecular formula is C23H25N7O2. The Morgan fingerprint density at radius 2 is 2.00 bits per heavy atom. The van der Waals surface area contributed by atoms with Crippen molar-refractivity contribution in [2.75, 3.05) is 29.4 Å². The summed E-state index contributed by atoms with van der Waals surface area (Å²) in [5, 5.41) is 0.947. The molecule has 4 aromatic heterocycles. The van der Waals surface area contributed by atoms with E-state index in [1.54, 1.807) is 17.3 Å². The lowest BCUT2D eigenvalue weighted by molar-refractivity contribution is -0.117. The van der Waals surface area contributed by atoms with Crippen LogP contribution in [0.3, 0.4) is 0 Å². The van der Waals surface area contributed by atoms with Gasteiger partial charge in [-0.25, -0.2) is 14.8 Å². The summed E-state index contributed by atoms with van der Waals surface area (Å²) in [6, 6.07) is 5.94. The highest BCUT2D eigenvalue weighted by atomic mass is 16.2. The monoisotopic (exact) mass is 431 g/mol. The molecule has 2 atom stereocenters. The molecule has 2 N–H and O–H groups in total. The van der Waals surface area contributed by atoms with Crippen LogP contribution in [0, 0.1) is 5.92 Å². The molecule has 2 saturated heterocycles. The molecule has 0 radical (unpaired) electrons. The molecule has 0 spiro atoms. The third kappa shape index (κ3) is 2.91. The maximum Gasteiger partial charge on any atom is 0.326 e. The summed E-state index contributed by atoms with van der Waals surface area (Å²) in [6.45, 7) is 4.54. The first-order valence-electron chi connectivity index (χ1n) is 11.2. The number of pyridine rings is 2. The first kappa shape index (κ1) is 19.1. The van der Waals surface area contributed by atoms with E-state index in [2.05, 4.69) is 31.8 Å². The fourth-order valence-electron chi connectivity index (χ4n) is 5.18. The van der Waals surface area contributed by atoms with Crippen molar-refractivity contribution in [2.45, 2.75) is 32.2 Å². The van der Waals surface area contributed by atoms with Gasteiger partial charge >= 0.3 is 5.69 Å². The Labute approximate surface area is 184 Å². The molecule has 32 heavy (non-hydrogen) atoms. The number of rotatable bonds is 3. The number of carbonyl (C=O) groups excluding carboxylic acids is 1. The Kier molecular flexibility index (Phi) is 4.31. The minimum atomic E-state index is -0.106. The molecule has 4 aromatic rings. The van der Waals surface area contributed by atoms with E-state index in [9.17, 15) is 9.59 Å². The number of aromatic nitrogens is 5. The number of anilines is 2. The van der Waals surface area contributed by atoms with E-state index >= 15 is 0 Å². The summed E-state index contributed by atoms with van der Waals surface area (Å²) >= 11 is 0. The van der Waals surface area contributed by atoms with E-state index < -0.39 is 0 Å². The van der Waals surface area contributed by atoms with Crippen molar-refractivity contribution in [3.05, 3.63) is 47.3 Å². The number of hydrogen-bond donors (Lipinski definition) is 2. The van der Waals surface area contributed by atoms with Gasteiger partial charge in [0.15, 0.2) is 0 Å². The van der Waals surface area contributed by atoms with Crippen molar-refractivity contribution in [2.24, 2.45) is 5.92 Å². The first-order valence-corrected chi connectivity index (χ1v) is 11.2. The fourth-order valence-corrected chi connectivity index (χ4v) is 5.18. The summed E-state index contributed by atoms with van der Waals surface area (Å²) < 4.78 is 1.90. The van der Waals surface area contributed by atoms with Crippen LogP contribution in [-0.4, -0.2) is 50.0 Å². The molecular weight excluding hydrogens is 406 g/mol. The van der Waals surface area contributed by atoms with Crippen LogP contribution < -0.4 is 15.5 Å². The van der Waals surface area contributed by atoms with E-state index in [0.29, 0.717) is 18.9 Å². The normalized spacial score (nSPS) is 21.8. The largest absolute Gasteiger partial charge is 0.355 e. The Hall–Kier alpha value is -3.62. The zero-order valence-electron chi connectivity index (χ0n) is 17.9. The quantitative estimate of drug-likeness (QED) is 0.519. The Morgan fingerprint density at radius 3 is 2.78 bits per heavy atom. The highest BCUT2D eigenvalue weighted by molar-refractivity contribution is 6.01. The van der Waals surface area contributed by atoms with Gasteiger partial charge in [-0.2, -0.15) is 0 Å². The average Bonchev–Trinajstić information content (AvgIpc) is 3.52. The smallest absolute Gasteiger partial charge is 0.326 e. The minimum Gasteiger partial charge on any atom is -0.355 e. The lowest BCUT2D eigenvalue weighted by atomic mass is 9.93. The fraction of sp³-hybridized carbons (Fsp3) is 0.391. The van der Waals surface area contributed by atoms with Crippen LogP contribution in [0.2, 0.25) is 0 Å². The van der Waals surface area contributed by atoms with Crippen LogP contribution in [-0.2, 0) is 4.79 Å². The summed E-state index contributed by atoms with van der Waals surface area (Å²) in [7, 11) is 0. The van der Waals surface area contributed by atoms with Gasteiger partial charge < -0.3 is 19.8 Å². The van der Waals surface area contributed by atoms with Crippen LogP contribution in [0.5, 0.6) is 0 Å². The molecule has 6 heterocycles. The number of H-pyrrole nitrogens is 2. The first-order chi connectivity index (χ1) is 15.6. The molecule has 2 fully saturated rings. The molecule has 0 aromatic carbocycles. The average molecular weight is 432 g/mol. The van der Waals surface area contributed by atoms with E-state index in [1.807, 2.05) is 29.0 Å². The van der Waals surface area contributed by atoms with Crippen LogP contribution >= 0.6 is 0 Å². The van der Waals surface area contributed by atoms with Crippen molar-refractivity contribution in [1.29, 1.82) is 0 Å². The number of nitrogens with zero attached hydrogens (tertiary/aromatic N) is 5. The molecule has 2 aliphatic rings. The van der Waals surface area contributed by atoms with E-state index in [4.69, 9.17) is 0 Å². The van der Waals surface area contributed by atoms with E-state index in [-0.39, 0.29) is 17.6 Å². The highest BCUT2D eigenvalue weighted by Gasteiger charge is 2.31. The second-order valence-corrected chi connectivity index (χ2v) is 8.86. The predicted octanol–water partition coefficient (Wildman–Crippen LogP) is 2.82. The van der Waals surface area contributed by atoms with Gasteiger partial charge in [0.1, 0.15) is 11.5 Å².